The number of benzene rings is 1. The molecule has 5 heteroatoms. The number of carbonyl (C=O) groups is 1. The Kier molecular flexibility index (Phi) is 6.58. The van der Waals surface area contributed by atoms with Crippen molar-refractivity contribution in [2.45, 2.75) is 31.1 Å². The summed E-state index contributed by atoms with van der Waals surface area (Å²) in [6.07, 6.45) is 4.47. The van der Waals surface area contributed by atoms with Gasteiger partial charge in [0, 0.05) is 6.54 Å². The zero-order chi connectivity index (χ0) is 15.9. The van der Waals surface area contributed by atoms with E-state index in [0.29, 0.717) is 0 Å². The summed E-state index contributed by atoms with van der Waals surface area (Å²) >= 11 is 1.57. The first-order valence-corrected chi connectivity index (χ1v) is 9.12. The lowest BCUT2D eigenvalue weighted by Gasteiger charge is -2.26. The number of hydrogen-bond donors (Lipinski definition) is 1. The average Bonchev–Trinajstić information content (AvgIpc) is 3.06. The monoisotopic (exact) mass is 322 g/mol. The first kappa shape index (κ1) is 17.2. The van der Waals surface area contributed by atoms with Crippen LogP contribution in [0.25, 0.3) is 0 Å². The van der Waals surface area contributed by atoms with Crippen LogP contribution < -0.4 is 10.1 Å². The number of likely N-dealkylation sites (tertiary alicyclic amines) is 1. The Morgan fingerprint density at radius 2 is 1.95 bits per heavy atom. The highest BCUT2D eigenvalue weighted by Gasteiger charge is 2.22. The quantitative estimate of drug-likeness (QED) is 0.838. The van der Waals surface area contributed by atoms with Gasteiger partial charge in [-0.15, -0.1) is 0 Å². The van der Waals surface area contributed by atoms with Crippen LogP contribution in [0.5, 0.6) is 5.75 Å². The van der Waals surface area contributed by atoms with Crippen LogP contribution in [0.2, 0.25) is 0 Å². The minimum atomic E-state index is -0.0284. The second-order valence-electron chi connectivity index (χ2n) is 5.72. The fourth-order valence-corrected chi connectivity index (χ4v) is 2.97. The van der Waals surface area contributed by atoms with Crippen molar-refractivity contribution in [3.63, 3.8) is 0 Å². The molecule has 0 saturated carbocycles. The number of nitrogens with one attached hydrogen (secondary N) is 1. The third kappa shape index (κ3) is 4.65. The Hall–Kier alpha value is -1.20. The van der Waals surface area contributed by atoms with Gasteiger partial charge in [-0.3, -0.25) is 4.79 Å². The van der Waals surface area contributed by atoms with E-state index < -0.39 is 0 Å². The molecule has 0 radical (unpaired) electrons. The molecule has 1 fully saturated rings. The van der Waals surface area contributed by atoms with Crippen LogP contribution >= 0.6 is 11.8 Å². The largest absolute Gasteiger partial charge is 0.497 e. The molecule has 1 N–H and O–H groups in total. The van der Waals surface area contributed by atoms with Gasteiger partial charge in [0.25, 0.3) is 0 Å². The molecule has 1 aliphatic rings. The zero-order valence-electron chi connectivity index (χ0n) is 13.7. The molecule has 1 aromatic rings. The summed E-state index contributed by atoms with van der Waals surface area (Å²) in [7, 11) is 1.67. The summed E-state index contributed by atoms with van der Waals surface area (Å²) in [5.41, 5.74) is 1.13. The minimum Gasteiger partial charge on any atom is -0.497 e. The molecule has 2 atom stereocenters. The van der Waals surface area contributed by atoms with E-state index in [0.717, 1.165) is 30.9 Å². The van der Waals surface area contributed by atoms with Crippen LogP contribution in [0, 0.1) is 0 Å². The van der Waals surface area contributed by atoms with Crippen LogP contribution in [-0.4, -0.2) is 49.1 Å². The second-order valence-corrected chi connectivity index (χ2v) is 6.90. The van der Waals surface area contributed by atoms with Crippen molar-refractivity contribution in [2.24, 2.45) is 0 Å². The van der Waals surface area contributed by atoms with Crippen molar-refractivity contribution in [1.29, 1.82) is 0 Å². The van der Waals surface area contributed by atoms with Gasteiger partial charge in [-0.1, -0.05) is 12.1 Å². The molecule has 0 aliphatic carbocycles. The number of nitrogens with zero attached hydrogens (tertiary/aromatic N) is 1. The second kappa shape index (κ2) is 8.44. The Labute approximate surface area is 137 Å². The van der Waals surface area contributed by atoms with E-state index in [1.54, 1.807) is 18.9 Å². The molecule has 1 amide bonds. The normalized spacial score (nSPS) is 18.0. The first-order chi connectivity index (χ1) is 10.6. The van der Waals surface area contributed by atoms with Gasteiger partial charge in [0.05, 0.1) is 18.4 Å². The smallest absolute Gasteiger partial charge is 0.233 e. The summed E-state index contributed by atoms with van der Waals surface area (Å²) in [5.74, 6) is 0.944. The molecule has 122 valence electrons. The van der Waals surface area contributed by atoms with Gasteiger partial charge >= 0.3 is 0 Å². The number of hydrogen-bond acceptors (Lipinski definition) is 4. The predicted octanol–water partition coefficient (Wildman–Crippen LogP) is 2.70. The Bertz CT molecular complexity index is 472. The van der Waals surface area contributed by atoms with Crippen molar-refractivity contribution in [3.05, 3.63) is 29.8 Å². The maximum Gasteiger partial charge on any atom is 0.233 e. The number of carbonyl (C=O) groups excluding carboxylic acids is 1. The number of methoxy groups -OCH3 is 1. The van der Waals surface area contributed by atoms with Crippen molar-refractivity contribution in [1.82, 2.24) is 10.2 Å². The molecule has 1 aromatic carbocycles. The van der Waals surface area contributed by atoms with Gasteiger partial charge in [-0.25, -0.2) is 0 Å². The SMILES string of the molecule is COc1ccc([C@H](CN2CCCC2)NC(=O)[C@@H](C)SC)cc1. The van der Waals surface area contributed by atoms with Crippen molar-refractivity contribution in [2.75, 3.05) is 33.0 Å². The molecular weight excluding hydrogens is 296 g/mol. The topological polar surface area (TPSA) is 41.6 Å². The van der Waals surface area contributed by atoms with Gasteiger partial charge in [-0.2, -0.15) is 11.8 Å². The molecule has 0 bridgehead atoms. The summed E-state index contributed by atoms with van der Waals surface area (Å²) < 4.78 is 5.22. The maximum atomic E-state index is 12.3. The van der Waals surface area contributed by atoms with Crippen LogP contribution in [0.3, 0.4) is 0 Å². The lowest BCUT2D eigenvalue weighted by molar-refractivity contribution is -0.121. The van der Waals surface area contributed by atoms with Crippen molar-refractivity contribution >= 4 is 17.7 Å². The maximum absolute atomic E-state index is 12.3. The summed E-state index contributed by atoms with van der Waals surface area (Å²) in [5, 5.41) is 3.18. The Morgan fingerprint density at radius 3 is 2.50 bits per heavy atom. The van der Waals surface area contributed by atoms with E-state index in [9.17, 15) is 4.79 Å². The van der Waals surface area contributed by atoms with E-state index in [2.05, 4.69) is 10.2 Å². The fraction of sp³-hybridized carbons (Fsp3) is 0.588. The lowest BCUT2D eigenvalue weighted by Crippen LogP contribution is -2.40. The van der Waals surface area contributed by atoms with Gasteiger partial charge in [0.1, 0.15) is 5.75 Å². The van der Waals surface area contributed by atoms with E-state index in [4.69, 9.17) is 4.74 Å². The average molecular weight is 322 g/mol. The molecule has 22 heavy (non-hydrogen) atoms. The third-order valence-electron chi connectivity index (χ3n) is 4.20. The molecule has 0 aromatic heterocycles. The highest BCUT2D eigenvalue weighted by atomic mass is 32.2. The first-order valence-electron chi connectivity index (χ1n) is 7.83. The number of amides is 1. The molecule has 2 rings (SSSR count). The van der Waals surface area contributed by atoms with Gasteiger partial charge < -0.3 is 15.0 Å². The Balaban J connectivity index is 2.10. The van der Waals surface area contributed by atoms with Gasteiger partial charge in [-0.05, 0) is 56.8 Å². The van der Waals surface area contributed by atoms with E-state index in [-0.39, 0.29) is 17.2 Å². The molecule has 4 nitrogen and oxygen atoms in total. The van der Waals surface area contributed by atoms with E-state index in [1.807, 2.05) is 37.4 Å². The highest BCUT2D eigenvalue weighted by molar-refractivity contribution is 7.99. The molecule has 1 saturated heterocycles. The zero-order valence-corrected chi connectivity index (χ0v) is 14.5. The highest BCUT2D eigenvalue weighted by Crippen LogP contribution is 2.21. The van der Waals surface area contributed by atoms with Gasteiger partial charge in [0.15, 0.2) is 0 Å². The number of ether oxygens (including phenoxy) is 1. The van der Waals surface area contributed by atoms with Crippen LogP contribution in [-0.2, 0) is 4.79 Å². The molecule has 1 aliphatic heterocycles. The lowest BCUT2D eigenvalue weighted by atomic mass is 10.1. The van der Waals surface area contributed by atoms with Crippen LogP contribution in [0.1, 0.15) is 31.4 Å². The van der Waals surface area contributed by atoms with E-state index in [1.165, 1.54) is 12.8 Å². The van der Waals surface area contributed by atoms with Gasteiger partial charge in [0.2, 0.25) is 5.91 Å². The third-order valence-corrected chi connectivity index (χ3v) is 5.12. The molecule has 0 unspecified atom stereocenters. The molecule has 0 spiro atoms. The fourth-order valence-electron chi connectivity index (χ4n) is 2.69. The number of rotatable bonds is 7. The van der Waals surface area contributed by atoms with Crippen LogP contribution in [0.15, 0.2) is 24.3 Å². The van der Waals surface area contributed by atoms with Crippen molar-refractivity contribution < 1.29 is 9.53 Å². The van der Waals surface area contributed by atoms with Crippen LogP contribution in [0.4, 0.5) is 0 Å². The summed E-state index contributed by atoms with van der Waals surface area (Å²) in [6.45, 7) is 5.07. The molecular formula is C17H26N2O2S. The summed E-state index contributed by atoms with van der Waals surface area (Å²) in [6, 6.07) is 8.03. The standard InChI is InChI=1S/C17H26N2O2S/c1-13(22-3)17(20)18-16(12-19-10-4-5-11-19)14-6-8-15(21-2)9-7-14/h6-9,13,16H,4-5,10-12H2,1-3H3,(H,18,20)/t13-,16+/m1/s1. The predicted molar refractivity (Wildman–Crippen MR) is 92.5 cm³/mol. The minimum absolute atomic E-state index is 0.0284. The Morgan fingerprint density at radius 1 is 1.32 bits per heavy atom. The number of thioether (sulfide) groups is 1. The molecule has 1 heterocycles. The summed E-state index contributed by atoms with van der Waals surface area (Å²) in [4.78, 5) is 14.7. The van der Waals surface area contributed by atoms with E-state index >= 15 is 0 Å². The van der Waals surface area contributed by atoms with Crippen molar-refractivity contribution in [3.8, 4) is 5.75 Å².